The van der Waals surface area contributed by atoms with Gasteiger partial charge in [-0.05, 0) is 35.9 Å². The minimum atomic E-state index is -0.369. The molecule has 2 N–H and O–H groups in total. The highest BCUT2D eigenvalue weighted by Crippen LogP contribution is 2.24. The van der Waals surface area contributed by atoms with Crippen molar-refractivity contribution in [3.63, 3.8) is 0 Å². The molecule has 0 spiro atoms. The Morgan fingerprint density at radius 2 is 1.72 bits per heavy atom. The van der Waals surface area contributed by atoms with Gasteiger partial charge in [0.1, 0.15) is 5.82 Å². The van der Waals surface area contributed by atoms with Crippen molar-refractivity contribution < 1.29 is 14.0 Å². The quantitative estimate of drug-likeness (QED) is 0.516. The molecule has 0 aliphatic heterocycles. The van der Waals surface area contributed by atoms with E-state index in [4.69, 9.17) is 11.6 Å². The molecule has 0 aliphatic rings. The number of thiazole rings is 1. The number of aromatic nitrogens is 1. The van der Waals surface area contributed by atoms with Crippen LogP contribution in [0.1, 0.15) is 10.4 Å². The van der Waals surface area contributed by atoms with E-state index in [0.717, 1.165) is 10.4 Å². The van der Waals surface area contributed by atoms with Gasteiger partial charge in [0.2, 0.25) is 11.8 Å². The molecule has 0 fully saturated rings. The van der Waals surface area contributed by atoms with E-state index < -0.39 is 0 Å². The zero-order valence-electron chi connectivity index (χ0n) is 15.2. The summed E-state index contributed by atoms with van der Waals surface area (Å²) in [6.07, 6.45) is 2.36. The summed E-state index contributed by atoms with van der Waals surface area (Å²) >= 11 is 8.74. The molecule has 1 heterocycles. The maximum atomic E-state index is 12.9. The highest BCUT2D eigenvalue weighted by Gasteiger charge is 2.10. The summed E-state index contributed by atoms with van der Waals surface area (Å²) in [4.78, 5) is 29.1. The van der Waals surface area contributed by atoms with E-state index in [1.54, 1.807) is 6.20 Å². The number of carbonyl (C=O) groups is 2. The number of halogens is 2. The first kappa shape index (κ1) is 21.3. The van der Waals surface area contributed by atoms with Gasteiger partial charge in [-0.3, -0.25) is 9.59 Å². The number of nitrogens with zero attached hydrogens (tertiary/aromatic N) is 1. The van der Waals surface area contributed by atoms with Crippen LogP contribution in [0.25, 0.3) is 0 Å². The third-order valence-electron chi connectivity index (χ3n) is 3.72. The lowest BCUT2D eigenvalue weighted by Gasteiger charge is -2.05. The standard InChI is InChI=1S/C20H17ClFN3O2S2/c21-17-4-2-1-3-13(17)9-16-10-23-20(29-16)25-19(27)12-28-11-18(26)24-15-7-5-14(22)6-8-15/h1-8,10H,9,11-12H2,(H,24,26)(H,23,25,27). The number of nitrogens with one attached hydrogen (secondary N) is 2. The number of anilines is 2. The Labute approximate surface area is 180 Å². The van der Waals surface area contributed by atoms with E-state index in [0.29, 0.717) is 22.3 Å². The fourth-order valence-electron chi connectivity index (χ4n) is 2.40. The highest BCUT2D eigenvalue weighted by molar-refractivity contribution is 8.00. The Balaban J connectivity index is 1.40. The lowest BCUT2D eigenvalue weighted by molar-refractivity contribution is -0.114. The van der Waals surface area contributed by atoms with Crippen LogP contribution in [0.4, 0.5) is 15.2 Å². The van der Waals surface area contributed by atoms with Crippen molar-refractivity contribution >= 4 is 57.3 Å². The predicted molar refractivity (Wildman–Crippen MR) is 117 cm³/mol. The largest absolute Gasteiger partial charge is 0.325 e. The van der Waals surface area contributed by atoms with Crippen molar-refractivity contribution in [1.82, 2.24) is 4.98 Å². The summed E-state index contributed by atoms with van der Waals surface area (Å²) in [5, 5.41) is 6.58. The number of rotatable bonds is 8. The average Bonchev–Trinajstić information content (AvgIpc) is 3.12. The topological polar surface area (TPSA) is 71.1 Å². The molecule has 3 aromatic rings. The first-order valence-electron chi connectivity index (χ1n) is 8.61. The first-order chi connectivity index (χ1) is 14.0. The second-order valence-corrected chi connectivity index (χ2v) is 8.50. The van der Waals surface area contributed by atoms with Crippen molar-refractivity contribution in [2.24, 2.45) is 0 Å². The smallest absolute Gasteiger partial charge is 0.236 e. The minimum Gasteiger partial charge on any atom is -0.325 e. The SMILES string of the molecule is O=C(CSCC(=O)Nc1ncc(Cc2ccccc2Cl)s1)Nc1ccc(F)cc1. The molecular weight excluding hydrogens is 433 g/mol. The molecule has 2 aromatic carbocycles. The van der Waals surface area contributed by atoms with Gasteiger partial charge < -0.3 is 10.6 Å². The number of carbonyl (C=O) groups excluding carboxylic acids is 2. The molecule has 0 saturated heterocycles. The minimum absolute atomic E-state index is 0.112. The Hall–Kier alpha value is -2.42. The van der Waals surface area contributed by atoms with Gasteiger partial charge in [0.05, 0.1) is 11.5 Å². The molecule has 5 nitrogen and oxygen atoms in total. The molecule has 29 heavy (non-hydrogen) atoms. The van der Waals surface area contributed by atoms with Gasteiger partial charge >= 0.3 is 0 Å². The van der Waals surface area contributed by atoms with Gasteiger partial charge in [0, 0.05) is 28.2 Å². The fraction of sp³-hybridized carbons (Fsp3) is 0.150. The number of thioether (sulfide) groups is 1. The van der Waals surface area contributed by atoms with Crippen molar-refractivity contribution in [1.29, 1.82) is 0 Å². The molecular formula is C20H17ClFN3O2S2. The fourth-order valence-corrected chi connectivity index (χ4v) is 4.07. The molecule has 1 aromatic heterocycles. The van der Waals surface area contributed by atoms with Crippen LogP contribution < -0.4 is 10.6 Å². The number of hydrogen-bond acceptors (Lipinski definition) is 5. The molecule has 0 unspecified atom stereocenters. The number of hydrogen-bond donors (Lipinski definition) is 2. The van der Waals surface area contributed by atoms with Crippen molar-refractivity contribution in [2.75, 3.05) is 22.1 Å². The van der Waals surface area contributed by atoms with Crippen molar-refractivity contribution in [2.45, 2.75) is 6.42 Å². The number of amides is 2. The van der Waals surface area contributed by atoms with Gasteiger partial charge in [0.15, 0.2) is 5.13 Å². The average molecular weight is 450 g/mol. The number of benzene rings is 2. The third kappa shape index (κ3) is 6.85. The molecule has 2 amide bonds. The first-order valence-corrected chi connectivity index (χ1v) is 11.0. The van der Waals surface area contributed by atoms with Crippen LogP contribution in [-0.2, 0) is 16.0 Å². The summed E-state index contributed by atoms with van der Waals surface area (Å²) in [7, 11) is 0. The summed E-state index contributed by atoms with van der Waals surface area (Å²) < 4.78 is 12.9. The van der Waals surface area contributed by atoms with Gasteiger partial charge in [-0.25, -0.2) is 9.37 Å². The van der Waals surface area contributed by atoms with E-state index in [9.17, 15) is 14.0 Å². The molecule has 0 radical (unpaired) electrons. The van der Waals surface area contributed by atoms with Crippen LogP contribution in [0.3, 0.4) is 0 Å². The van der Waals surface area contributed by atoms with Gasteiger partial charge in [-0.15, -0.1) is 23.1 Å². The van der Waals surface area contributed by atoms with Crippen LogP contribution in [-0.4, -0.2) is 28.3 Å². The zero-order chi connectivity index (χ0) is 20.6. The Bertz CT molecular complexity index is 995. The second-order valence-electron chi connectivity index (χ2n) is 6.00. The van der Waals surface area contributed by atoms with E-state index in [1.165, 1.54) is 47.4 Å². The molecule has 0 aliphatic carbocycles. The molecule has 9 heteroatoms. The molecule has 3 rings (SSSR count). The Kier molecular flexibility index (Phi) is 7.62. The van der Waals surface area contributed by atoms with E-state index in [-0.39, 0.29) is 29.1 Å². The van der Waals surface area contributed by atoms with Gasteiger partial charge in [-0.2, -0.15) is 0 Å². The lowest BCUT2D eigenvalue weighted by atomic mass is 10.1. The van der Waals surface area contributed by atoms with Crippen LogP contribution in [0.15, 0.2) is 54.7 Å². The van der Waals surface area contributed by atoms with Gasteiger partial charge in [0.25, 0.3) is 0 Å². The monoisotopic (exact) mass is 449 g/mol. The normalized spacial score (nSPS) is 10.6. The molecule has 0 saturated carbocycles. The van der Waals surface area contributed by atoms with E-state index >= 15 is 0 Å². The van der Waals surface area contributed by atoms with Crippen LogP contribution >= 0.6 is 34.7 Å². The Morgan fingerprint density at radius 1 is 1.03 bits per heavy atom. The van der Waals surface area contributed by atoms with Crippen molar-refractivity contribution in [3.05, 3.63) is 76.0 Å². The highest BCUT2D eigenvalue weighted by atomic mass is 35.5. The zero-order valence-corrected chi connectivity index (χ0v) is 17.5. The predicted octanol–water partition coefficient (Wildman–Crippen LogP) is 4.84. The summed E-state index contributed by atoms with van der Waals surface area (Å²) in [5.41, 5.74) is 1.51. The third-order valence-corrected chi connectivity index (χ3v) is 5.93. The summed E-state index contributed by atoms with van der Waals surface area (Å²) in [6, 6.07) is 13.1. The molecule has 150 valence electrons. The van der Waals surface area contributed by atoms with Crippen LogP contribution in [0.2, 0.25) is 5.02 Å². The Morgan fingerprint density at radius 3 is 2.45 bits per heavy atom. The van der Waals surface area contributed by atoms with Crippen molar-refractivity contribution in [3.8, 4) is 0 Å². The van der Waals surface area contributed by atoms with Crippen LogP contribution in [0, 0.1) is 5.82 Å². The maximum absolute atomic E-state index is 12.9. The second kappa shape index (κ2) is 10.4. The molecule has 0 atom stereocenters. The summed E-state index contributed by atoms with van der Waals surface area (Å²) in [6.45, 7) is 0. The van der Waals surface area contributed by atoms with E-state index in [1.807, 2.05) is 24.3 Å². The maximum Gasteiger partial charge on any atom is 0.236 e. The lowest BCUT2D eigenvalue weighted by Crippen LogP contribution is -2.18. The summed E-state index contributed by atoms with van der Waals surface area (Å²) in [5.74, 6) is -0.628. The molecule has 0 bridgehead atoms. The van der Waals surface area contributed by atoms with Crippen LogP contribution in [0.5, 0.6) is 0 Å². The van der Waals surface area contributed by atoms with E-state index in [2.05, 4.69) is 15.6 Å². The van der Waals surface area contributed by atoms with Gasteiger partial charge in [-0.1, -0.05) is 29.8 Å².